The summed E-state index contributed by atoms with van der Waals surface area (Å²) >= 11 is 0. The molecule has 1 aromatic carbocycles. The van der Waals surface area contributed by atoms with Crippen LogP contribution >= 0.6 is 0 Å². The summed E-state index contributed by atoms with van der Waals surface area (Å²) in [6.45, 7) is -2.07. The van der Waals surface area contributed by atoms with Gasteiger partial charge in [-0.2, -0.15) is 8.78 Å². The maximum Gasteiger partial charge on any atom is 0.387 e. The van der Waals surface area contributed by atoms with E-state index < -0.39 is 6.61 Å². The molecule has 1 fully saturated rings. The van der Waals surface area contributed by atoms with Crippen molar-refractivity contribution in [2.24, 2.45) is 17.8 Å². The summed E-state index contributed by atoms with van der Waals surface area (Å²) in [6.07, 6.45) is 6.97. The van der Waals surface area contributed by atoms with E-state index in [0.717, 1.165) is 6.54 Å². The topological polar surface area (TPSA) is 30.5 Å². The Labute approximate surface area is 122 Å². The van der Waals surface area contributed by atoms with Crippen molar-refractivity contribution in [3.63, 3.8) is 0 Å². The summed E-state index contributed by atoms with van der Waals surface area (Å²) in [7, 11) is 1.55. The molecule has 3 nitrogen and oxygen atoms in total. The minimum absolute atomic E-state index is 0.157. The Bertz CT molecular complexity index is 533. The summed E-state index contributed by atoms with van der Waals surface area (Å²) in [5.41, 5.74) is 0.557. The number of ether oxygens (including phenoxy) is 2. The Morgan fingerprint density at radius 3 is 2.76 bits per heavy atom. The van der Waals surface area contributed by atoms with Crippen molar-refractivity contribution >= 4 is 5.69 Å². The largest absolute Gasteiger partial charge is 0.497 e. The normalized spacial score (nSPS) is 26.4. The number of fused-ring (bicyclic) bond motifs is 2. The first-order valence-corrected chi connectivity index (χ1v) is 7.20. The van der Waals surface area contributed by atoms with Gasteiger partial charge in [0.15, 0.2) is 0 Å². The fourth-order valence-corrected chi connectivity index (χ4v) is 3.34. The third kappa shape index (κ3) is 3.12. The highest BCUT2D eigenvalue weighted by Crippen LogP contribution is 2.43. The van der Waals surface area contributed by atoms with Crippen LogP contribution in [0.2, 0.25) is 0 Å². The summed E-state index contributed by atoms with van der Waals surface area (Å²) < 4.78 is 34.6. The van der Waals surface area contributed by atoms with Crippen LogP contribution in [-0.2, 0) is 0 Å². The maximum atomic E-state index is 12.5. The predicted molar refractivity (Wildman–Crippen MR) is 77.0 cm³/mol. The van der Waals surface area contributed by atoms with Gasteiger partial charge in [-0.3, -0.25) is 0 Å². The van der Waals surface area contributed by atoms with Gasteiger partial charge >= 0.3 is 6.61 Å². The Kier molecular flexibility index (Phi) is 3.99. The number of benzene rings is 1. The zero-order valence-electron chi connectivity index (χ0n) is 11.9. The average molecular weight is 295 g/mol. The van der Waals surface area contributed by atoms with Crippen LogP contribution < -0.4 is 14.8 Å². The number of allylic oxidation sites excluding steroid dienone is 2. The molecule has 5 heteroatoms. The van der Waals surface area contributed by atoms with E-state index in [1.165, 1.54) is 18.9 Å². The molecule has 3 unspecified atom stereocenters. The number of alkyl halides is 2. The fourth-order valence-electron chi connectivity index (χ4n) is 3.34. The molecule has 114 valence electrons. The van der Waals surface area contributed by atoms with Crippen LogP contribution in [0.25, 0.3) is 0 Å². The molecular formula is C16H19F2NO2. The quantitative estimate of drug-likeness (QED) is 0.807. The molecule has 0 amide bonds. The van der Waals surface area contributed by atoms with E-state index in [-0.39, 0.29) is 5.75 Å². The van der Waals surface area contributed by atoms with E-state index in [9.17, 15) is 8.78 Å². The molecule has 0 spiro atoms. The van der Waals surface area contributed by atoms with Crippen LogP contribution in [0.3, 0.4) is 0 Å². The lowest BCUT2D eigenvalue weighted by atomic mass is 9.93. The number of nitrogens with one attached hydrogen (secondary N) is 1. The smallest absolute Gasteiger partial charge is 0.387 e. The molecule has 1 saturated carbocycles. The third-order valence-electron chi connectivity index (χ3n) is 4.37. The molecule has 2 aliphatic carbocycles. The Morgan fingerprint density at radius 1 is 1.29 bits per heavy atom. The van der Waals surface area contributed by atoms with E-state index in [1.54, 1.807) is 19.2 Å². The molecule has 0 saturated heterocycles. The van der Waals surface area contributed by atoms with E-state index in [1.807, 2.05) is 0 Å². The number of rotatable bonds is 6. The summed E-state index contributed by atoms with van der Waals surface area (Å²) in [6, 6.07) is 4.82. The van der Waals surface area contributed by atoms with Crippen molar-refractivity contribution in [2.45, 2.75) is 19.5 Å². The Morgan fingerprint density at radius 2 is 2.14 bits per heavy atom. The summed E-state index contributed by atoms with van der Waals surface area (Å²) in [4.78, 5) is 0. The lowest BCUT2D eigenvalue weighted by Gasteiger charge is -2.20. The SMILES string of the molecule is COc1ccc(OC(F)F)c(NCC2CC3C=CC2C3)c1. The first-order chi connectivity index (χ1) is 10.2. The van der Waals surface area contributed by atoms with Crippen molar-refractivity contribution in [2.75, 3.05) is 19.0 Å². The van der Waals surface area contributed by atoms with Gasteiger partial charge in [0, 0.05) is 12.6 Å². The third-order valence-corrected chi connectivity index (χ3v) is 4.37. The molecule has 3 atom stereocenters. The van der Waals surface area contributed by atoms with E-state index in [2.05, 4.69) is 22.2 Å². The van der Waals surface area contributed by atoms with Crippen LogP contribution in [-0.4, -0.2) is 20.3 Å². The molecule has 0 radical (unpaired) electrons. The maximum absolute atomic E-state index is 12.5. The number of methoxy groups -OCH3 is 1. The molecule has 1 aromatic rings. The van der Waals surface area contributed by atoms with Gasteiger partial charge in [0.25, 0.3) is 0 Å². The van der Waals surface area contributed by atoms with Crippen LogP contribution in [0.4, 0.5) is 14.5 Å². The molecule has 0 aliphatic heterocycles. The van der Waals surface area contributed by atoms with Crippen molar-refractivity contribution in [3.05, 3.63) is 30.4 Å². The van der Waals surface area contributed by atoms with Gasteiger partial charge in [-0.15, -0.1) is 0 Å². The minimum atomic E-state index is -2.83. The lowest BCUT2D eigenvalue weighted by Crippen LogP contribution is -2.19. The Balaban J connectivity index is 1.69. The first kappa shape index (κ1) is 14.2. The van der Waals surface area contributed by atoms with Gasteiger partial charge in [-0.1, -0.05) is 12.2 Å². The fraction of sp³-hybridized carbons (Fsp3) is 0.500. The van der Waals surface area contributed by atoms with Gasteiger partial charge in [0.1, 0.15) is 11.5 Å². The highest BCUT2D eigenvalue weighted by atomic mass is 19.3. The van der Waals surface area contributed by atoms with Gasteiger partial charge in [-0.05, 0) is 42.7 Å². The molecule has 0 aromatic heterocycles. The van der Waals surface area contributed by atoms with Gasteiger partial charge in [0.2, 0.25) is 0 Å². The number of anilines is 1. The monoisotopic (exact) mass is 295 g/mol. The molecule has 21 heavy (non-hydrogen) atoms. The molecular weight excluding hydrogens is 276 g/mol. The summed E-state index contributed by atoms with van der Waals surface area (Å²) in [5, 5.41) is 3.25. The van der Waals surface area contributed by atoms with Crippen LogP contribution in [0.1, 0.15) is 12.8 Å². The lowest BCUT2D eigenvalue weighted by molar-refractivity contribution is -0.0494. The number of hydrogen-bond donors (Lipinski definition) is 1. The van der Waals surface area contributed by atoms with Gasteiger partial charge < -0.3 is 14.8 Å². The highest BCUT2D eigenvalue weighted by molar-refractivity contribution is 5.59. The predicted octanol–water partition coefficient (Wildman–Crippen LogP) is 3.92. The van der Waals surface area contributed by atoms with Crippen molar-refractivity contribution < 1.29 is 18.3 Å². The second-order valence-electron chi connectivity index (χ2n) is 5.66. The van der Waals surface area contributed by atoms with Crippen molar-refractivity contribution in [1.29, 1.82) is 0 Å². The molecule has 1 N–H and O–H groups in total. The highest BCUT2D eigenvalue weighted by Gasteiger charge is 2.35. The van der Waals surface area contributed by atoms with E-state index >= 15 is 0 Å². The first-order valence-electron chi connectivity index (χ1n) is 7.20. The molecule has 2 aliphatic rings. The van der Waals surface area contributed by atoms with Crippen molar-refractivity contribution in [3.8, 4) is 11.5 Å². The minimum Gasteiger partial charge on any atom is -0.497 e. The van der Waals surface area contributed by atoms with Crippen LogP contribution in [0.5, 0.6) is 11.5 Å². The van der Waals surface area contributed by atoms with E-state index in [0.29, 0.717) is 29.2 Å². The number of halogens is 2. The van der Waals surface area contributed by atoms with Gasteiger partial charge in [-0.25, -0.2) is 0 Å². The molecule has 2 bridgehead atoms. The zero-order chi connectivity index (χ0) is 14.8. The average Bonchev–Trinajstić information content (AvgIpc) is 3.08. The molecule has 3 rings (SSSR count). The van der Waals surface area contributed by atoms with Crippen LogP contribution in [0, 0.1) is 17.8 Å². The number of hydrogen-bond acceptors (Lipinski definition) is 3. The molecule has 0 heterocycles. The zero-order valence-corrected chi connectivity index (χ0v) is 11.9. The second kappa shape index (κ2) is 5.92. The van der Waals surface area contributed by atoms with Gasteiger partial charge in [0.05, 0.1) is 12.8 Å². The summed E-state index contributed by atoms with van der Waals surface area (Å²) in [5.74, 6) is 2.65. The van der Waals surface area contributed by atoms with Crippen molar-refractivity contribution in [1.82, 2.24) is 0 Å². The van der Waals surface area contributed by atoms with Crippen LogP contribution in [0.15, 0.2) is 30.4 Å². The van der Waals surface area contributed by atoms with E-state index in [4.69, 9.17) is 4.74 Å². The standard InChI is InChI=1S/C16H19F2NO2/c1-20-13-4-5-15(21-16(17)18)14(8-13)19-9-12-7-10-2-3-11(12)6-10/h2-5,8,10-12,16,19H,6-7,9H2,1H3. The Hall–Kier alpha value is -1.78. The second-order valence-corrected chi connectivity index (χ2v) is 5.66.